The number of aliphatic hydroxyl groups excluding tert-OH is 1. The quantitative estimate of drug-likeness (QED) is 0.825. The Bertz CT molecular complexity index is 518. The topological polar surface area (TPSA) is 64.7 Å². The highest BCUT2D eigenvalue weighted by atomic mass is 16.5. The van der Waals surface area contributed by atoms with Crippen molar-refractivity contribution in [3.05, 3.63) is 59.7 Å². The van der Waals surface area contributed by atoms with Crippen molar-refractivity contribution in [1.29, 1.82) is 0 Å². The summed E-state index contributed by atoms with van der Waals surface area (Å²) in [6, 6.07) is 15.7. The van der Waals surface area contributed by atoms with E-state index in [1.807, 2.05) is 48.5 Å². The molecule has 0 heterocycles. The Morgan fingerprint density at radius 3 is 1.59 bits per heavy atom. The van der Waals surface area contributed by atoms with Gasteiger partial charge in [-0.2, -0.15) is 0 Å². The molecule has 0 saturated heterocycles. The molecule has 0 aromatic heterocycles. The van der Waals surface area contributed by atoms with E-state index in [1.165, 1.54) is 0 Å². The maximum Gasteiger partial charge on any atom is 0.118 e. The number of hydrogen-bond donors (Lipinski definition) is 2. The summed E-state index contributed by atoms with van der Waals surface area (Å²) >= 11 is 0. The van der Waals surface area contributed by atoms with E-state index in [9.17, 15) is 5.11 Å². The fourth-order valence-electron chi connectivity index (χ4n) is 2.51. The summed E-state index contributed by atoms with van der Waals surface area (Å²) < 4.78 is 10.4. The van der Waals surface area contributed by atoms with Gasteiger partial charge in [-0.3, -0.25) is 0 Å². The van der Waals surface area contributed by atoms with Crippen LogP contribution in [0, 0.1) is 0 Å². The lowest BCUT2D eigenvalue weighted by molar-refractivity contribution is 0.257. The van der Waals surface area contributed by atoms with E-state index in [1.54, 1.807) is 14.2 Å². The molecule has 4 nitrogen and oxygen atoms in total. The summed E-state index contributed by atoms with van der Waals surface area (Å²) in [6.07, 6.45) is 0.676. The van der Waals surface area contributed by atoms with Crippen molar-refractivity contribution in [2.45, 2.75) is 18.4 Å². The molecule has 4 heteroatoms. The molecule has 0 aliphatic carbocycles. The molecule has 22 heavy (non-hydrogen) atoms. The van der Waals surface area contributed by atoms with Gasteiger partial charge in [0, 0.05) is 12.0 Å². The van der Waals surface area contributed by atoms with Crippen molar-refractivity contribution in [2.75, 3.05) is 20.8 Å². The molecule has 0 fully saturated rings. The number of hydrogen-bond acceptors (Lipinski definition) is 4. The Balaban J connectivity index is 2.31. The minimum atomic E-state index is -0.255. The van der Waals surface area contributed by atoms with Gasteiger partial charge in [-0.15, -0.1) is 0 Å². The number of benzene rings is 2. The second-order valence-electron chi connectivity index (χ2n) is 5.28. The van der Waals surface area contributed by atoms with Crippen LogP contribution in [-0.2, 0) is 0 Å². The molecule has 2 rings (SSSR count). The highest BCUT2D eigenvalue weighted by molar-refractivity contribution is 5.38. The Morgan fingerprint density at radius 2 is 1.27 bits per heavy atom. The van der Waals surface area contributed by atoms with E-state index in [4.69, 9.17) is 15.2 Å². The van der Waals surface area contributed by atoms with Gasteiger partial charge in [-0.25, -0.2) is 0 Å². The van der Waals surface area contributed by atoms with Gasteiger partial charge >= 0.3 is 0 Å². The lowest BCUT2D eigenvalue weighted by Gasteiger charge is -2.21. The molecule has 1 atom stereocenters. The van der Waals surface area contributed by atoms with Crippen LogP contribution in [0.4, 0.5) is 0 Å². The van der Waals surface area contributed by atoms with Gasteiger partial charge < -0.3 is 20.3 Å². The molecule has 2 aromatic carbocycles. The van der Waals surface area contributed by atoms with Crippen molar-refractivity contribution < 1.29 is 14.6 Å². The SMILES string of the molecule is COc1ccc(C(C[C@H](N)CO)c2ccc(OC)cc2)cc1. The molecule has 3 N–H and O–H groups in total. The van der Waals surface area contributed by atoms with Crippen LogP contribution < -0.4 is 15.2 Å². The molecule has 0 saturated carbocycles. The van der Waals surface area contributed by atoms with Gasteiger partial charge in [0.25, 0.3) is 0 Å². The van der Waals surface area contributed by atoms with Crippen LogP contribution in [-0.4, -0.2) is 32.0 Å². The number of aliphatic hydroxyl groups is 1. The van der Waals surface area contributed by atoms with E-state index in [0.29, 0.717) is 6.42 Å². The molecular formula is C18H23NO3. The molecule has 0 spiro atoms. The maximum absolute atomic E-state index is 9.28. The average Bonchev–Trinajstić information content (AvgIpc) is 2.59. The maximum atomic E-state index is 9.28. The minimum Gasteiger partial charge on any atom is -0.497 e. The van der Waals surface area contributed by atoms with Crippen molar-refractivity contribution in [1.82, 2.24) is 0 Å². The fourth-order valence-corrected chi connectivity index (χ4v) is 2.51. The molecule has 118 valence electrons. The highest BCUT2D eigenvalue weighted by Gasteiger charge is 2.18. The number of rotatable bonds is 7. The van der Waals surface area contributed by atoms with Crippen LogP contribution in [0.25, 0.3) is 0 Å². The van der Waals surface area contributed by atoms with Crippen LogP contribution in [0.1, 0.15) is 23.5 Å². The van der Waals surface area contributed by atoms with Crippen molar-refractivity contribution in [2.24, 2.45) is 5.73 Å². The van der Waals surface area contributed by atoms with E-state index in [-0.39, 0.29) is 18.6 Å². The van der Waals surface area contributed by atoms with Crippen molar-refractivity contribution >= 4 is 0 Å². The molecule has 2 aromatic rings. The number of ether oxygens (including phenoxy) is 2. The zero-order valence-electron chi connectivity index (χ0n) is 13.0. The first-order valence-corrected chi connectivity index (χ1v) is 7.32. The molecular weight excluding hydrogens is 278 g/mol. The predicted molar refractivity (Wildman–Crippen MR) is 87.5 cm³/mol. The third-order valence-electron chi connectivity index (χ3n) is 3.81. The van der Waals surface area contributed by atoms with E-state index in [2.05, 4.69) is 0 Å². The lowest BCUT2D eigenvalue weighted by Crippen LogP contribution is -2.27. The molecule has 0 radical (unpaired) electrons. The molecule has 0 bridgehead atoms. The highest BCUT2D eigenvalue weighted by Crippen LogP contribution is 2.31. The summed E-state index contributed by atoms with van der Waals surface area (Å²) in [5.41, 5.74) is 8.26. The van der Waals surface area contributed by atoms with E-state index >= 15 is 0 Å². The van der Waals surface area contributed by atoms with Crippen LogP contribution in [0.3, 0.4) is 0 Å². The fraction of sp³-hybridized carbons (Fsp3) is 0.333. The molecule has 0 amide bonds. The van der Waals surface area contributed by atoms with Gasteiger partial charge in [-0.1, -0.05) is 24.3 Å². The van der Waals surface area contributed by atoms with Gasteiger partial charge in [0.1, 0.15) is 11.5 Å². The van der Waals surface area contributed by atoms with Crippen molar-refractivity contribution in [3.8, 4) is 11.5 Å². The largest absolute Gasteiger partial charge is 0.497 e. The second-order valence-corrected chi connectivity index (χ2v) is 5.28. The zero-order valence-corrected chi connectivity index (χ0v) is 13.0. The summed E-state index contributed by atoms with van der Waals surface area (Å²) in [6.45, 7) is -0.0250. The minimum absolute atomic E-state index is 0.0250. The van der Waals surface area contributed by atoms with Gasteiger partial charge in [-0.05, 0) is 41.8 Å². The summed E-state index contributed by atoms with van der Waals surface area (Å²) in [5.74, 6) is 1.77. The van der Waals surface area contributed by atoms with Gasteiger partial charge in [0.15, 0.2) is 0 Å². The molecule has 0 aliphatic rings. The molecule has 0 unspecified atom stereocenters. The lowest BCUT2D eigenvalue weighted by atomic mass is 9.86. The van der Waals surface area contributed by atoms with E-state index < -0.39 is 0 Å². The predicted octanol–water partition coefficient (Wildman–Crippen LogP) is 2.55. The van der Waals surface area contributed by atoms with Gasteiger partial charge in [0.2, 0.25) is 0 Å². The smallest absolute Gasteiger partial charge is 0.118 e. The van der Waals surface area contributed by atoms with Crippen LogP contribution in [0.15, 0.2) is 48.5 Å². The third-order valence-corrected chi connectivity index (χ3v) is 3.81. The van der Waals surface area contributed by atoms with Crippen LogP contribution >= 0.6 is 0 Å². The van der Waals surface area contributed by atoms with E-state index in [0.717, 1.165) is 22.6 Å². The first kappa shape index (κ1) is 16.3. The van der Waals surface area contributed by atoms with Crippen molar-refractivity contribution in [3.63, 3.8) is 0 Å². The van der Waals surface area contributed by atoms with Crippen LogP contribution in [0.5, 0.6) is 11.5 Å². The third kappa shape index (κ3) is 4.00. The second kappa shape index (κ2) is 7.82. The van der Waals surface area contributed by atoms with Gasteiger partial charge in [0.05, 0.1) is 20.8 Å². The summed E-state index contributed by atoms with van der Waals surface area (Å²) in [5, 5.41) is 9.28. The average molecular weight is 301 g/mol. The van der Waals surface area contributed by atoms with Crippen LogP contribution in [0.2, 0.25) is 0 Å². The summed E-state index contributed by atoms with van der Waals surface area (Å²) in [4.78, 5) is 0. The normalized spacial score (nSPS) is 12.2. The first-order chi connectivity index (χ1) is 10.7. The Hall–Kier alpha value is -2.04. The number of methoxy groups -OCH3 is 2. The monoisotopic (exact) mass is 301 g/mol. The number of nitrogens with two attached hydrogens (primary N) is 1. The molecule has 0 aliphatic heterocycles. The zero-order chi connectivity index (χ0) is 15.9. The Morgan fingerprint density at radius 1 is 0.864 bits per heavy atom. The Kier molecular flexibility index (Phi) is 5.81. The Labute approximate surface area is 131 Å². The standard InChI is InChI=1S/C18H23NO3/c1-21-16-7-3-13(4-8-16)18(11-15(19)12-20)14-5-9-17(22-2)10-6-14/h3-10,15,18,20H,11-12,19H2,1-2H3/t15-/m0/s1. The first-order valence-electron chi connectivity index (χ1n) is 7.32. The summed E-state index contributed by atoms with van der Waals surface area (Å²) in [7, 11) is 3.30.